The molecule has 1 amide bonds. The molecule has 174 valence electrons. The second-order valence-electron chi connectivity index (χ2n) is 9.37. The Kier molecular flexibility index (Phi) is 13.3. The van der Waals surface area contributed by atoms with Gasteiger partial charge in [-0.3, -0.25) is 4.79 Å². The number of hydrogen-bond acceptors (Lipinski definition) is 2. The zero-order valence-corrected chi connectivity index (χ0v) is 20.3. The van der Waals surface area contributed by atoms with Gasteiger partial charge in [0.2, 0.25) is 0 Å². The average molecular weight is 427 g/mol. The van der Waals surface area contributed by atoms with Crippen LogP contribution in [-0.2, 0) is 4.79 Å². The molecule has 1 atom stereocenters. The quantitative estimate of drug-likeness (QED) is 0.216. The summed E-state index contributed by atoms with van der Waals surface area (Å²) in [5, 5.41) is 6.10. The van der Waals surface area contributed by atoms with Gasteiger partial charge in [-0.05, 0) is 25.5 Å². The molecule has 1 aromatic carbocycles. The third-order valence-corrected chi connectivity index (χ3v) is 6.62. The maximum absolute atomic E-state index is 12.7. The molecule has 2 rings (SSSR count). The van der Waals surface area contributed by atoms with Crippen molar-refractivity contribution in [3.8, 4) is 0 Å². The fourth-order valence-corrected chi connectivity index (χ4v) is 4.59. The molecular formula is C28H46N2O. The van der Waals surface area contributed by atoms with Gasteiger partial charge in [0.05, 0.1) is 11.6 Å². The number of para-hydroxylation sites is 1. The number of carbonyl (C=O) groups excluding carboxylic acids is 1. The summed E-state index contributed by atoms with van der Waals surface area (Å²) in [6.45, 7) is 4.28. The molecule has 3 nitrogen and oxygen atoms in total. The summed E-state index contributed by atoms with van der Waals surface area (Å²) >= 11 is 0. The van der Waals surface area contributed by atoms with E-state index < -0.39 is 0 Å². The third kappa shape index (κ3) is 10.0. The zero-order chi connectivity index (χ0) is 22.2. The number of rotatable bonds is 18. The number of hydrogen-bond donors (Lipinski definition) is 0. The van der Waals surface area contributed by atoms with E-state index in [0.717, 1.165) is 24.2 Å². The highest BCUT2D eigenvalue weighted by Gasteiger charge is 2.33. The van der Waals surface area contributed by atoms with Gasteiger partial charge >= 0.3 is 0 Å². The largest absolute Gasteiger partial charge is 0.272 e. The number of carbonyl (C=O) groups is 1. The highest BCUT2D eigenvalue weighted by Crippen LogP contribution is 2.27. The summed E-state index contributed by atoms with van der Waals surface area (Å²) in [7, 11) is 0. The molecule has 0 spiro atoms. The molecule has 31 heavy (non-hydrogen) atoms. The predicted molar refractivity (Wildman–Crippen MR) is 135 cm³/mol. The van der Waals surface area contributed by atoms with E-state index in [2.05, 4.69) is 12.0 Å². The highest BCUT2D eigenvalue weighted by atomic mass is 16.2. The van der Waals surface area contributed by atoms with Crippen molar-refractivity contribution in [3.05, 3.63) is 30.3 Å². The van der Waals surface area contributed by atoms with Crippen LogP contribution < -0.4 is 5.01 Å². The Bertz CT molecular complexity index is 625. The van der Waals surface area contributed by atoms with E-state index in [1.165, 1.54) is 96.3 Å². The Hall–Kier alpha value is -1.64. The molecular weight excluding hydrogens is 380 g/mol. The van der Waals surface area contributed by atoms with E-state index in [1.54, 1.807) is 5.01 Å². The van der Waals surface area contributed by atoms with Crippen LogP contribution in [0, 0.1) is 5.92 Å². The van der Waals surface area contributed by atoms with Gasteiger partial charge in [0.1, 0.15) is 0 Å². The molecule has 1 heterocycles. The second-order valence-corrected chi connectivity index (χ2v) is 9.37. The molecule has 3 heteroatoms. The minimum atomic E-state index is -0.0214. The number of anilines is 1. The number of hydrazone groups is 1. The lowest BCUT2D eigenvalue weighted by molar-refractivity contribution is -0.119. The fraction of sp³-hybridized carbons (Fsp3) is 0.714. The molecule has 0 radical (unpaired) electrons. The van der Waals surface area contributed by atoms with Gasteiger partial charge in [-0.1, -0.05) is 128 Å². The van der Waals surface area contributed by atoms with Gasteiger partial charge in [-0.25, -0.2) is 5.01 Å². The van der Waals surface area contributed by atoms with Gasteiger partial charge in [0.25, 0.3) is 5.91 Å². The predicted octanol–water partition coefficient (Wildman–Crippen LogP) is 8.68. The van der Waals surface area contributed by atoms with Crippen molar-refractivity contribution in [3.63, 3.8) is 0 Å². The van der Waals surface area contributed by atoms with E-state index in [-0.39, 0.29) is 11.8 Å². The van der Waals surface area contributed by atoms with Crippen LogP contribution in [0.15, 0.2) is 35.4 Å². The Morgan fingerprint density at radius 1 is 0.710 bits per heavy atom. The number of unbranched alkanes of at least 4 members (excludes halogenated alkanes) is 15. The van der Waals surface area contributed by atoms with Crippen LogP contribution in [0.5, 0.6) is 0 Å². The highest BCUT2D eigenvalue weighted by molar-refractivity contribution is 6.14. The number of benzene rings is 1. The van der Waals surface area contributed by atoms with Gasteiger partial charge in [0.15, 0.2) is 0 Å². The summed E-state index contributed by atoms with van der Waals surface area (Å²) in [6.07, 6.45) is 23.0. The molecule has 0 aromatic heterocycles. The van der Waals surface area contributed by atoms with Crippen molar-refractivity contribution < 1.29 is 4.79 Å². The maximum atomic E-state index is 12.7. The summed E-state index contributed by atoms with van der Waals surface area (Å²) in [5.41, 5.74) is 1.84. The van der Waals surface area contributed by atoms with Crippen molar-refractivity contribution in [2.45, 2.75) is 123 Å². The van der Waals surface area contributed by atoms with E-state index in [0.29, 0.717) is 0 Å². The van der Waals surface area contributed by atoms with Crippen molar-refractivity contribution in [2.24, 2.45) is 11.0 Å². The lowest BCUT2D eigenvalue weighted by Gasteiger charge is -2.14. The van der Waals surface area contributed by atoms with Crippen LogP contribution in [-0.4, -0.2) is 11.6 Å². The normalized spacial score (nSPS) is 16.2. The van der Waals surface area contributed by atoms with Gasteiger partial charge < -0.3 is 0 Å². The smallest absolute Gasteiger partial charge is 0.256 e. The molecule has 0 saturated heterocycles. The molecule has 1 aliphatic rings. The van der Waals surface area contributed by atoms with E-state index in [4.69, 9.17) is 0 Å². The standard InChI is InChI=1S/C28H46N2O/c1-3-4-5-6-7-8-9-10-11-12-13-14-15-16-17-21-24-27-25(2)29-30(28(27)31)26-22-19-18-20-23-26/h18-20,22-23,27H,3-17,21,24H2,1-2H3. The molecule has 0 fully saturated rings. The van der Waals surface area contributed by atoms with Gasteiger partial charge in [-0.15, -0.1) is 0 Å². The average Bonchev–Trinajstić information content (AvgIpc) is 3.07. The first-order chi connectivity index (χ1) is 15.2. The Morgan fingerprint density at radius 2 is 1.16 bits per heavy atom. The Morgan fingerprint density at radius 3 is 1.65 bits per heavy atom. The molecule has 1 aromatic rings. The van der Waals surface area contributed by atoms with Crippen LogP contribution in [0.3, 0.4) is 0 Å². The molecule has 0 N–H and O–H groups in total. The van der Waals surface area contributed by atoms with Crippen LogP contribution >= 0.6 is 0 Å². The van der Waals surface area contributed by atoms with Gasteiger partial charge in [-0.2, -0.15) is 5.10 Å². The van der Waals surface area contributed by atoms with Crippen molar-refractivity contribution >= 4 is 17.3 Å². The summed E-state index contributed by atoms with van der Waals surface area (Å²) in [5.74, 6) is 0.122. The molecule has 0 aliphatic carbocycles. The zero-order valence-electron chi connectivity index (χ0n) is 20.3. The van der Waals surface area contributed by atoms with E-state index >= 15 is 0 Å². The van der Waals surface area contributed by atoms with Crippen LogP contribution in [0.2, 0.25) is 0 Å². The summed E-state index contributed by atoms with van der Waals surface area (Å²) < 4.78 is 0. The second kappa shape index (κ2) is 16.1. The Balaban J connectivity index is 1.41. The summed E-state index contributed by atoms with van der Waals surface area (Å²) in [6, 6.07) is 9.78. The van der Waals surface area contributed by atoms with Crippen molar-refractivity contribution in [2.75, 3.05) is 5.01 Å². The van der Waals surface area contributed by atoms with E-state index in [1.807, 2.05) is 37.3 Å². The number of nitrogens with zero attached hydrogens (tertiary/aromatic N) is 2. The Labute approximate surface area is 191 Å². The molecule has 0 bridgehead atoms. The molecule has 1 unspecified atom stereocenters. The first-order valence-electron chi connectivity index (χ1n) is 13.2. The maximum Gasteiger partial charge on any atom is 0.256 e. The third-order valence-electron chi connectivity index (χ3n) is 6.62. The molecule has 0 saturated carbocycles. The first kappa shape index (κ1) is 25.6. The monoisotopic (exact) mass is 426 g/mol. The van der Waals surface area contributed by atoms with Crippen LogP contribution in [0.4, 0.5) is 5.69 Å². The topological polar surface area (TPSA) is 32.7 Å². The molecule has 1 aliphatic heterocycles. The fourth-order valence-electron chi connectivity index (χ4n) is 4.59. The SMILES string of the molecule is CCCCCCCCCCCCCCCCCCC1C(=O)N(c2ccccc2)N=C1C. The van der Waals surface area contributed by atoms with Gasteiger partial charge in [0, 0.05) is 5.71 Å². The van der Waals surface area contributed by atoms with Crippen molar-refractivity contribution in [1.82, 2.24) is 0 Å². The van der Waals surface area contributed by atoms with E-state index in [9.17, 15) is 4.79 Å². The number of amides is 1. The van der Waals surface area contributed by atoms with Crippen LogP contribution in [0.25, 0.3) is 0 Å². The van der Waals surface area contributed by atoms with Crippen molar-refractivity contribution in [1.29, 1.82) is 0 Å². The van der Waals surface area contributed by atoms with Crippen LogP contribution in [0.1, 0.15) is 123 Å². The summed E-state index contributed by atoms with van der Waals surface area (Å²) in [4.78, 5) is 12.7. The minimum Gasteiger partial charge on any atom is -0.272 e. The first-order valence-corrected chi connectivity index (χ1v) is 13.2. The lowest BCUT2D eigenvalue weighted by Crippen LogP contribution is -2.26. The minimum absolute atomic E-state index is 0.0214. The lowest BCUT2D eigenvalue weighted by atomic mass is 9.96.